The van der Waals surface area contributed by atoms with E-state index in [0.29, 0.717) is 5.25 Å². The van der Waals surface area contributed by atoms with Gasteiger partial charge in [0.15, 0.2) is 5.17 Å². The van der Waals surface area contributed by atoms with Crippen molar-refractivity contribution in [3.05, 3.63) is 70.0 Å². The van der Waals surface area contributed by atoms with Crippen molar-refractivity contribution in [2.45, 2.75) is 38.0 Å². The average Bonchev–Trinajstić information content (AvgIpc) is 3.64. The van der Waals surface area contributed by atoms with Gasteiger partial charge in [-0.3, -0.25) is 35.0 Å². The monoisotopic (exact) mass is 611 g/mol. The molecule has 4 heterocycles. The van der Waals surface area contributed by atoms with Crippen LogP contribution in [0.5, 0.6) is 5.75 Å². The summed E-state index contributed by atoms with van der Waals surface area (Å²) in [7, 11) is 1.34. The van der Waals surface area contributed by atoms with Gasteiger partial charge in [-0.25, -0.2) is 13.8 Å². The Morgan fingerprint density at radius 2 is 2.00 bits per heavy atom. The number of carbonyl (C=O) groups excluding carboxylic acids is 1. The van der Waals surface area contributed by atoms with Gasteiger partial charge in [-0.1, -0.05) is 6.92 Å². The van der Waals surface area contributed by atoms with Gasteiger partial charge in [-0.15, -0.1) is 11.8 Å². The summed E-state index contributed by atoms with van der Waals surface area (Å²) in [6.07, 6.45) is 1.80. The third kappa shape index (κ3) is 6.14. The zero-order chi connectivity index (χ0) is 30.1. The van der Waals surface area contributed by atoms with E-state index in [1.54, 1.807) is 24.8 Å². The maximum atomic E-state index is 13.6. The number of aromatic nitrogens is 3. The molecule has 3 aromatic heterocycles. The molecule has 4 atom stereocenters. The molecule has 1 amide bonds. The summed E-state index contributed by atoms with van der Waals surface area (Å²) in [5, 5.41) is 19.7. The highest BCUT2D eigenvalue weighted by Crippen LogP contribution is 2.49. The molecule has 5 rings (SSSR count). The van der Waals surface area contributed by atoms with Crippen molar-refractivity contribution >= 4 is 45.2 Å². The minimum Gasteiger partial charge on any atom is -0.494 e. The third-order valence-corrected chi connectivity index (χ3v) is 8.90. The number of pyridine rings is 3. The molecule has 0 aromatic carbocycles. The van der Waals surface area contributed by atoms with Crippen LogP contribution in [0.4, 0.5) is 8.78 Å². The smallest absolute Gasteiger partial charge is 0.280 e. The summed E-state index contributed by atoms with van der Waals surface area (Å²) < 4.78 is 33.8. The van der Waals surface area contributed by atoms with E-state index in [1.165, 1.54) is 36.2 Å². The summed E-state index contributed by atoms with van der Waals surface area (Å²) in [6.45, 7) is 3.87. The average molecular weight is 612 g/mol. The number of aryl methyl sites for hydroxylation is 1. The maximum absolute atomic E-state index is 13.6. The number of aliphatic imine (C=N–C) groups is 1. The molecule has 10 nitrogen and oxygen atoms in total. The van der Waals surface area contributed by atoms with E-state index in [4.69, 9.17) is 15.6 Å². The first-order chi connectivity index (χ1) is 20.1. The van der Waals surface area contributed by atoms with Crippen molar-refractivity contribution in [3.8, 4) is 22.7 Å². The Labute approximate surface area is 248 Å². The number of alkyl halides is 2. The van der Waals surface area contributed by atoms with Crippen molar-refractivity contribution in [2.75, 3.05) is 7.11 Å². The molecule has 1 saturated carbocycles. The topological polar surface area (TPSA) is 146 Å². The summed E-state index contributed by atoms with van der Waals surface area (Å²) in [6, 6.07) is 5.81. The molecule has 0 bridgehead atoms. The summed E-state index contributed by atoms with van der Waals surface area (Å²) >= 11 is 2.52. The fourth-order valence-corrected chi connectivity index (χ4v) is 6.46. The Hall–Kier alpha value is -3.91. The Bertz CT molecular complexity index is 1660. The molecule has 2 unspecified atom stereocenters. The first-order valence-corrected chi connectivity index (χ1v) is 14.7. The van der Waals surface area contributed by atoms with Gasteiger partial charge in [-0.05, 0) is 54.8 Å². The van der Waals surface area contributed by atoms with Gasteiger partial charge in [0.2, 0.25) is 0 Å². The number of rotatable bonds is 7. The van der Waals surface area contributed by atoms with Crippen LogP contribution in [0.25, 0.3) is 16.9 Å². The number of nitrogens with zero attached hydrogens (tertiary/aromatic N) is 4. The molecule has 1 fully saturated rings. The molecule has 218 valence electrons. The first kappa shape index (κ1) is 29.6. The standard InChI is InChI=1S/C28H27F2N7O3S2/c1-13-4-5-37(23(38)6-13)22-9-15(16-8-20(25(29)30)33-11-21(16)40-3)19(10-34-22)27(39)36-28(32)42-26(31)18-7-17(18)24-14(2)41-12-35-24/h4-6,8-12,14,17-18,24-25,31H,7H2,1-3H3,(H2,32,36,39)/t14-,17-,18?,24?/m0/s1. The minimum atomic E-state index is -2.88. The number of nitrogens with one attached hydrogen (secondary N) is 3. The van der Waals surface area contributed by atoms with Gasteiger partial charge in [0.1, 0.15) is 17.3 Å². The molecule has 3 aromatic rings. The number of methoxy groups -OCH3 is 1. The van der Waals surface area contributed by atoms with Gasteiger partial charge in [0, 0.05) is 40.8 Å². The summed E-state index contributed by atoms with van der Waals surface area (Å²) in [5.41, 5.74) is 1.92. The van der Waals surface area contributed by atoms with Crippen LogP contribution < -0.4 is 15.6 Å². The third-order valence-electron chi connectivity index (χ3n) is 7.12. The zero-order valence-corrected chi connectivity index (χ0v) is 24.4. The second-order valence-corrected chi connectivity index (χ2v) is 12.2. The van der Waals surface area contributed by atoms with Gasteiger partial charge < -0.3 is 10.1 Å². The lowest BCUT2D eigenvalue weighted by Crippen LogP contribution is -2.30. The molecule has 14 heteroatoms. The summed E-state index contributed by atoms with van der Waals surface area (Å²) in [4.78, 5) is 38.6. The van der Waals surface area contributed by atoms with E-state index >= 15 is 0 Å². The largest absolute Gasteiger partial charge is 0.494 e. The van der Waals surface area contributed by atoms with E-state index < -0.39 is 18.0 Å². The van der Waals surface area contributed by atoms with E-state index in [-0.39, 0.29) is 61.9 Å². The molecular formula is C28H27F2N7O3S2. The molecule has 3 N–H and O–H groups in total. The van der Waals surface area contributed by atoms with Gasteiger partial charge in [0.25, 0.3) is 17.9 Å². The zero-order valence-electron chi connectivity index (χ0n) is 22.8. The molecule has 0 saturated heterocycles. The fourth-order valence-electron chi connectivity index (χ4n) is 4.84. The Morgan fingerprint density at radius 1 is 1.21 bits per heavy atom. The maximum Gasteiger partial charge on any atom is 0.280 e. The summed E-state index contributed by atoms with van der Waals surface area (Å²) in [5.74, 6) is -0.243. The lowest BCUT2D eigenvalue weighted by molar-refractivity contribution is 0.0978. The molecule has 2 aliphatic rings. The Balaban J connectivity index is 1.44. The highest BCUT2D eigenvalue weighted by Gasteiger charge is 2.48. The van der Waals surface area contributed by atoms with E-state index in [0.717, 1.165) is 36.0 Å². The lowest BCUT2D eigenvalue weighted by Gasteiger charge is -2.16. The van der Waals surface area contributed by atoms with Crippen LogP contribution in [-0.2, 0) is 0 Å². The van der Waals surface area contributed by atoms with Crippen LogP contribution in [-0.4, -0.2) is 54.6 Å². The van der Waals surface area contributed by atoms with Crippen molar-refractivity contribution < 1.29 is 18.3 Å². The predicted molar refractivity (Wildman–Crippen MR) is 161 cm³/mol. The molecule has 0 spiro atoms. The number of carbonyl (C=O) groups is 1. The lowest BCUT2D eigenvalue weighted by atomic mass is 10.00. The van der Waals surface area contributed by atoms with Crippen molar-refractivity contribution in [3.63, 3.8) is 0 Å². The number of hydrogen-bond donors (Lipinski definition) is 3. The normalized spacial score (nSPS) is 20.9. The van der Waals surface area contributed by atoms with Crippen LogP contribution >= 0.6 is 23.5 Å². The van der Waals surface area contributed by atoms with Gasteiger partial charge in [-0.2, -0.15) is 0 Å². The van der Waals surface area contributed by atoms with Crippen molar-refractivity contribution in [1.82, 2.24) is 19.9 Å². The van der Waals surface area contributed by atoms with Crippen LogP contribution in [0.1, 0.15) is 41.4 Å². The van der Waals surface area contributed by atoms with E-state index in [1.807, 2.05) is 5.55 Å². The number of amidine groups is 1. The van der Waals surface area contributed by atoms with Gasteiger partial charge >= 0.3 is 0 Å². The van der Waals surface area contributed by atoms with E-state index in [9.17, 15) is 18.4 Å². The van der Waals surface area contributed by atoms with E-state index in [2.05, 4.69) is 27.2 Å². The molecule has 42 heavy (non-hydrogen) atoms. The first-order valence-electron chi connectivity index (χ1n) is 12.9. The Kier molecular flexibility index (Phi) is 8.55. The molecular weight excluding hydrogens is 584 g/mol. The fraction of sp³-hybridized carbons (Fsp3) is 0.321. The molecule has 0 radical (unpaired) electrons. The number of thioether (sulfide) groups is 2. The van der Waals surface area contributed by atoms with Crippen LogP contribution in [0, 0.1) is 29.6 Å². The van der Waals surface area contributed by atoms with Crippen LogP contribution in [0.2, 0.25) is 0 Å². The van der Waals surface area contributed by atoms with Crippen molar-refractivity contribution in [2.24, 2.45) is 16.8 Å². The van der Waals surface area contributed by atoms with Crippen LogP contribution in [0.15, 0.2) is 52.6 Å². The van der Waals surface area contributed by atoms with Gasteiger partial charge in [0.05, 0.1) is 35.5 Å². The predicted octanol–water partition coefficient (Wildman–Crippen LogP) is 5.09. The highest BCUT2D eigenvalue weighted by atomic mass is 32.2. The number of hydrogen-bond acceptors (Lipinski definition) is 10. The minimum absolute atomic E-state index is 0.0197. The number of ether oxygens (including phenoxy) is 1. The second-order valence-electron chi connectivity index (χ2n) is 9.95. The van der Waals surface area contributed by atoms with Crippen LogP contribution in [0.3, 0.4) is 0 Å². The highest BCUT2D eigenvalue weighted by molar-refractivity contribution is 8.26. The molecule has 1 aliphatic carbocycles. The quantitative estimate of drug-likeness (QED) is 0.249. The second kappa shape index (κ2) is 12.1. The Morgan fingerprint density at radius 3 is 2.67 bits per heavy atom. The number of amides is 1. The molecule has 1 aliphatic heterocycles. The number of halogens is 2. The SMILES string of the molecule is COc1cnc(C(F)F)cc1-c1cc(-n2ccc(C)cc2=O)ncc1C(=O)NC(=N)SC(=N)C1C[C@@H]1C1N=CS[C@H]1C. The van der Waals surface area contributed by atoms with Crippen molar-refractivity contribution in [1.29, 1.82) is 10.8 Å².